The van der Waals surface area contributed by atoms with E-state index in [0.29, 0.717) is 11.8 Å². The summed E-state index contributed by atoms with van der Waals surface area (Å²) in [5.41, 5.74) is 14.3. The third-order valence-electron chi connectivity index (χ3n) is 2.99. The molecule has 1 fully saturated rings. The maximum absolute atomic E-state index is 11.2. The Morgan fingerprint density at radius 1 is 1.62 bits per heavy atom. The average molecular weight is 177 g/mol. The van der Waals surface area contributed by atoms with Crippen molar-refractivity contribution in [2.24, 2.45) is 17.6 Å². The largest absolute Gasteiger partial charge is 0.366 e. The third-order valence-corrected chi connectivity index (χ3v) is 2.99. The van der Waals surface area contributed by atoms with Gasteiger partial charge in [0.15, 0.2) is 0 Å². The van der Waals surface area contributed by atoms with Crippen LogP contribution in [0.25, 0.3) is 0 Å². The molecule has 0 radical (unpaired) electrons. The Bertz CT molecular complexity index is 356. The lowest BCUT2D eigenvalue weighted by Gasteiger charge is -2.18. The van der Waals surface area contributed by atoms with Gasteiger partial charge in [0.25, 0.3) is 5.91 Å². The summed E-state index contributed by atoms with van der Waals surface area (Å²) in [7, 11) is 0. The molecular weight excluding hydrogens is 166 g/mol. The minimum atomic E-state index is -0.301. The van der Waals surface area contributed by atoms with Gasteiger partial charge in [0.05, 0.1) is 5.57 Å². The summed E-state index contributed by atoms with van der Waals surface area (Å²) in [4.78, 5) is 11.2. The molecule has 2 unspecified atom stereocenters. The molecule has 4 N–H and O–H groups in total. The number of hydrogen-bond acceptors (Lipinski definition) is 3. The molecule has 2 aliphatic carbocycles. The first-order chi connectivity index (χ1) is 6.27. The van der Waals surface area contributed by atoms with Crippen LogP contribution in [0, 0.1) is 11.8 Å². The van der Waals surface area contributed by atoms with Crippen LogP contribution in [0.1, 0.15) is 6.42 Å². The van der Waals surface area contributed by atoms with Crippen LogP contribution in [0.4, 0.5) is 0 Å². The van der Waals surface area contributed by atoms with Gasteiger partial charge in [-0.2, -0.15) is 0 Å². The van der Waals surface area contributed by atoms with Crippen molar-refractivity contribution >= 4 is 5.91 Å². The van der Waals surface area contributed by atoms with E-state index < -0.39 is 0 Å². The maximum Gasteiger partial charge on any atom is 0.250 e. The standard InChI is InChI=1S/C9H11N3O/c10-9(13)7-6-2-4(6)1-5-3-11-12-8(5)7/h2,4-5,11-12H,1,3H2,(H2,10,13). The predicted octanol–water partition coefficient (Wildman–Crippen LogP) is -0.590. The van der Waals surface area contributed by atoms with Gasteiger partial charge in [-0.1, -0.05) is 6.08 Å². The summed E-state index contributed by atoms with van der Waals surface area (Å²) >= 11 is 0. The van der Waals surface area contributed by atoms with E-state index in [1.807, 2.05) is 0 Å². The zero-order chi connectivity index (χ0) is 9.00. The van der Waals surface area contributed by atoms with Crippen molar-refractivity contribution in [1.29, 1.82) is 0 Å². The fraction of sp³-hybridized carbons (Fsp3) is 0.444. The fourth-order valence-electron chi connectivity index (χ4n) is 2.31. The van der Waals surface area contributed by atoms with Gasteiger partial charge < -0.3 is 11.2 Å². The van der Waals surface area contributed by atoms with Crippen LogP contribution < -0.4 is 16.6 Å². The second kappa shape index (κ2) is 2.14. The highest BCUT2D eigenvalue weighted by Gasteiger charge is 2.42. The van der Waals surface area contributed by atoms with Crippen molar-refractivity contribution < 1.29 is 4.79 Å². The highest BCUT2D eigenvalue weighted by Crippen LogP contribution is 2.47. The van der Waals surface area contributed by atoms with Crippen molar-refractivity contribution in [1.82, 2.24) is 10.9 Å². The lowest BCUT2D eigenvalue weighted by molar-refractivity contribution is -0.114. The molecule has 3 rings (SSSR count). The fourth-order valence-corrected chi connectivity index (χ4v) is 2.31. The molecule has 2 atom stereocenters. The van der Waals surface area contributed by atoms with Crippen molar-refractivity contribution in [3.05, 3.63) is 22.9 Å². The second-order valence-corrected chi connectivity index (χ2v) is 3.82. The predicted molar refractivity (Wildman–Crippen MR) is 47.0 cm³/mol. The van der Waals surface area contributed by atoms with Gasteiger partial charge in [-0.25, -0.2) is 5.43 Å². The minimum absolute atomic E-state index is 0.301. The Morgan fingerprint density at radius 2 is 2.46 bits per heavy atom. The molecule has 1 heterocycles. The van der Waals surface area contributed by atoms with Crippen molar-refractivity contribution in [2.75, 3.05) is 6.54 Å². The summed E-state index contributed by atoms with van der Waals surface area (Å²) in [6.45, 7) is 0.906. The van der Waals surface area contributed by atoms with Crippen molar-refractivity contribution in [3.8, 4) is 0 Å². The van der Waals surface area contributed by atoms with Crippen LogP contribution in [0.5, 0.6) is 0 Å². The molecule has 13 heavy (non-hydrogen) atoms. The Kier molecular flexibility index (Phi) is 1.18. The van der Waals surface area contributed by atoms with Crippen LogP contribution in [0.3, 0.4) is 0 Å². The number of primary amides is 1. The molecule has 1 saturated heterocycles. The van der Waals surface area contributed by atoms with Crippen LogP contribution in [-0.4, -0.2) is 12.5 Å². The molecule has 1 aliphatic heterocycles. The normalized spacial score (nSPS) is 34.6. The Balaban J connectivity index is 2.09. The van der Waals surface area contributed by atoms with E-state index in [1.54, 1.807) is 0 Å². The summed E-state index contributed by atoms with van der Waals surface area (Å²) in [6.07, 6.45) is 3.26. The summed E-state index contributed by atoms with van der Waals surface area (Å²) in [6, 6.07) is 0. The molecule has 4 nitrogen and oxygen atoms in total. The number of hydrazine groups is 1. The smallest absolute Gasteiger partial charge is 0.250 e. The molecule has 0 aromatic heterocycles. The number of allylic oxidation sites excluding steroid dienone is 1. The maximum atomic E-state index is 11.2. The average Bonchev–Trinajstić information content (AvgIpc) is 2.67. The van der Waals surface area contributed by atoms with E-state index in [2.05, 4.69) is 16.9 Å². The summed E-state index contributed by atoms with van der Waals surface area (Å²) < 4.78 is 0. The highest BCUT2D eigenvalue weighted by molar-refractivity contribution is 5.99. The van der Waals surface area contributed by atoms with Crippen LogP contribution >= 0.6 is 0 Å². The first-order valence-corrected chi connectivity index (χ1v) is 4.52. The number of hydrogen-bond donors (Lipinski definition) is 3. The molecule has 68 valence electrons. The first-order valence-electron chi connectivity index (χ1n) is 4.52. The molecular formula is C9H11N3O. The molecule has 3 aliphatic rings. The molecule has 0 bridgehead atoms. The van der Waals surface area contributed by atoms with Gasteiger partial charge >= 0.3 is 0 Å². The van der Waals surface area contributed by atoms with Crippen molar-refractivity contribution in [2.45, 2.75) is 6.42 Å². The van der Waals surface area contributed by atoms with Gasteiger partial charge in [0.1, 0.15) is 0 Å². The Morgan fingerprint density at radius 3 is 3.23 bits per heavy atom. The zero-order valence-corrected chi connectivity index (χ0v) is 7.13. The topological polar surface area (TPSA) is 67.2 Å². The number of carbonyl (C=O) groups is 1. The number of amides is 1. The molecule has 0 saturated carbocycles. The summed E-state index contributed by atoms with van der Waals surface area (Å²) in [5, 5.41) is 0. The number of rotatable bonds is 1. The first kappa shape index (κ1) is 7.15. The lowest BCUT2D eigenvalue weighted by Crippen LogP contribution is -2.26. The van der Waals surface area contributed by atoms with Gasteiger partial charge in [-0.3, -0.25) is 4.79 Å². The second-order valence-electron chi connectivity index (χ2n) is 3.82. The molecule has 0 aromatic rings. The van der Waals surface area contributed by atoms with Gasteiger partial charge in [0.2, 0.25) is 0 Å². The Labute approximate surface area is 75.8 Å². The number of nitrogens with one attached hydrogen (secondary N) is 2. The number of fused-ring (bicyclic) bond motifs is 2. The monoisotopic (exact) mass is 177 g/mol. The molecule has 1 amide bonds. The molecule has 0 spiro atoms. The molecule has 4 heteroatoms. The van der Waals surface area contributed by atoms with Gasteiger partial charge in [-0.05, 0) is 12.0 Å². The summed E-state index contributed by atoms with van der Waals surface area (Å²) in [5.74, 6) is 0.678. The number of nitrogens with two attached hydrogens (primary N) is 1. The van der Waals surface area contributed by atoms with E-state index in [-0.39, 0.29) is 5.91 Å². The van der Waals surface area contributed by atoms with Crippen LogP contribution in [0.2, 0.25) is 0 Å². The van der Waals surface area contributed by atoms with E-state index in [4.69, 9.17) is 5.73 Å². The zero-order valence-electron chi connectivity index (χ0n) is 7.13. The van der Waals surface area contributed by atoms with E-state index in [1.165, 1.54) is 0 Å². The Hall–Kier alpha value is -1.29. The van der Waals surface area contributed by atoms with Crippen LogP contribution in [0.15, 0.2) is 22.9 Å². The van der Waals surface area contributed by atoms with Crippen molar-refractivity contribution in [3.63, 3.8) is 0 Å². The van der Waals surface area contributed by atoms with E-state index in [0.717, 1.165) is 29.8 Å². The van der Waals surface area contributed by atoms with Gasteiger partial charge in [-0.15, -0.1) is 0 Å². The van der Waals surface area contributed by atoms with E-state index in [9.17, 15) is 4.79 Å². The number of carbonyl (C=O) groups excluding carboxylic acids is 1. The highest BCUT2D eigenvalue weighted by atomic mass is 16.1. The SMILES string of the molecule is NC(=O)C1=C2NNCC2CC2C=C12. The minimum Gasteiger partial charge on any atom is -0.366 e. The van der Waals surface area contributed by atoms with Crippen LogP contribution in [-0.2, 0) is 4.79 Å². The third kappa shape index (κ3) is 0.862. The lowest BCUT2D eigenvalue weighted by atomic mass is 9.87. The quantitative estimate of drug-likeness (QED) is 0.501. The van der Waals surface area contributed by atoms with E-state index >= 15 is 0 Å². The van der Waals surface area contributed by atoms with Gasteiger partial charge in [0, 0.05) is 24.1 Å². The molecule has 0 aromatic carbocycles.